The van der Waals surface area contributed by atoms with Crippen LogP contribution in [0.15, 0.2) is 42.5 Å². The van der Waals surface area contributed by atoms with Gasteiger partial charge in [0.05, 0.1) is 13.2 Å². The van der Waals surface area contributed by atoms with Gasteiger partial charge in [0.25, 0.3) is 5.91 Å². The Bertz CT molecular complexity index is 770. The van der Waals surface area contributed by atoms with Crippen molar-refractivity contribution < 1.29 is 18.7 Å². The monoisotopic (exact) mass is 371 g/mol. The zero-order valence-corrected chi connectivity index (χ0v) is 15.9. The van der Waals surface area contributed by atoms with Crippen molar-refractivity contribution in [3.05, 3.63) is 53.8 Å². The summed E-state index contributed by atoms with van der Waals surface area (Å²) in [4.78, 5) is 14.3. The third-order valence-electron chi connectivity index (χ3n) is 4.99. The maximum atomic E-state index is 13.6. The Labute approximate surface area is 159 Å². The lowest BCUT2D eigenvalue weighted by molar-refractivity contribution is 0.0763. The first-order valence-corrected chi connectivity index (χ1v) is 9.39. The van der Waals surface area contributed by atoms with Crippen LogP contribution in [0.4, 0.5) is 4.39 Å². The molecule has 27 heavy (non-hydrogen) atoms. The average molecular weight is 371 g/mol. The zero-order chi connectivity index (χ0) is 19.2. The molecule has 0 aromatic heterocycles. The fourth-order valence-electron chi connectivity index (χ4n) is 3.45. The second kappa shape index (κ2) is 9.00. The Kier molecular flexibility index (Phi) is 6.45. The molecule has 1 aliphatic rings. The van der Waals surface area contributed by atoms with Crippen LogP contribution in [0.1, 0.15) is 36.0 Å². The third kappa shape index (κ3) is 4.86. The SMILES string of the molecule is COc1ccc(F)cc1-c1ccc(C(=O)N(C)CCC[C@H]2CCCO2)cc1. The van der Waals surface area contributed by atoms with Crippen molar-refractivity contribution in [2.24, 2.45) is 0 Å². The average Bonchev–Trinajstić information content (AvgIpc) is 3.21. The molecule has 0 radical (unpaired) electrons. The van der Waals surface area contributed by atoms with Crippen molar-refractivity contribution in [1.29, 1.82) is 0 Å². The van der Waals surface area contributed by atoms with Crippen molar-refractivity contribution in [2.75, 3.05) is 27.3 Å². The molecule has 1 aliphatic heterocycles. The Morgan fingerprint density at radius 2 is 2.04 bits per heavy atom. The molecule has 1 amide bonds. The van der Waals surface area contributed by atoms with E-state index in [9.17, 15) is 9.18 Å². The quantitative estimate of drug-likeness (QED) is 0.718. The summed E-state index contributed by atoms with van der Waals surface area (Å²) in [5.74, 6) is 0.263. The van der Waals surface area contributed by atoms with Crippen LogP contribution in [0.25, 0.3) is 11.1 Å². The maximum absolute atomic E-state index is 13.6. The van der Waals surface area contributed by atoms with Crippen LogP contribution in [0.5, 0.6) is 5.75 Å². The van der Waals surface area contributed by atoms with Gasteiger partial charge < -0.3 is 14.4 Å². The number of hydrogen-bond donors (Lipinski definition) is 0. The molecule has 1 atom stereocenters. The summed E-state index contributed by atoms with van der Waals surface area (Å²) >= 11 is 0. The van der Waals surface area contributed by atoms with Crippen LogP contribution in [0.3, 0.4) is 0 Å². The van der Waals surface area contributed by atoms with Gasteiger partial charge >= 0.3 is 0 Å². The van der Waals surface area contributed by atoms with Crippen LogP contribution in [0, 0.1) is 5.82 Å². The number of carbonyl (C=O) groups is 1. The highest BCUT2D eigenvalue weighted by Gasteiger charge is 2.17. The van der Waals surface area contributed by atoms with Gasteiger partial charge in [0.1, 0.15) is 11.6 Å². The number of methoxy groups -OCH3 is 1. The highest BCUT2D eigenvalue weighted by molar-refractivity contribution is 5.94. The highest BCUT2D eigenvalue weighted by Crippen LogP contribution is 2.30. The molecule has 4 nitrogen and oxygen atoms in total. The van der Waals surface area contributed by atoms with Crippen LogP contribution in [-0.4, -0.2) is 44.2 Å². The molecule has 2 aromatic carbocycles. The number of nitrogens with zero attached hydrogens (tertiary/aromatic N) is 1. The molecule has 2 aromatic rings. The molecule has 5 heteroatoms. The molecule has 1 saturated heterocycles. The van der Waals surface area contributed by atoms with Gasteiger partial charge in [-0.25, -0.2) is 4.39 Å². The minimum atomic E-state index is -0.322. The topological polar surface area (TPSA) is 38.8 Å². The lowest BCUT2D eigenvalue weighted by Crippen LogP contribution is -2.28. The number of rotatable bonds is 7. The van der Waals surface area contributed by atoms with Crippen molar-refractivity contribution >= 4 is 5.91 Å². The largest absolute Gasteiger partial charge is 0.496 e. The normalized spacial score (nSPS) is 16.3. The fraction of sp³-hybridized carbons (Fsp3) is 0.409. The van der Waals surface area contributed by atoms with E-state index in [-0.39, 0.29) is 11.7 Å². The number of halogens is 1. The molecule has 0 unspecified atom stereocenters. The molecule has 144 valence electrons. The van der Waals surface area contributed by atoms with Crippen molar-refractivity contribution in [1.82, 2.24) is 4.90 Å². The van der Waals surface area contributed by atoms with Crippen molar-refractivity contribution in [3.63, 3.8) is 0 Å². The molecule has 0 spiro atoms. The van der Waals surface area contributed by atoms with E-state index in [2.05, 4.69) is 0 Å². The number of carbonyl (C=O) groups excluding carboxylic acids is 1. The van der Waals surface area contributed by atoms with Gasteiger partial charge in [-0.05, 0) is 61.6 Å². The van der Waals surface area contributed by atoms with E-state index < -0.39 is 0 Å². The van der Waals surface area contributed by atoms with E-state index in [0.29, 0.717) is 29.5 Å². The summed E-state index contributed by atoms with van der Waals surface area (Å²) in [6.07, 6.45) is 4.56. The van der Waals surface area contributed by atoms with Crippen LogP contribution < -0.4 is 4.74 Å². The molecule has 0 aliphatic carbocycles. The molecule has 1 heterocycles. The minimum Gasteiger partial charge on any atom is -0.496 e. The van der Waals surface area contributed by atoms with Crippen molar-refractivity contribution in [2.45, 2.75) is 31.8 Å². The standard InChI is InChI=1S/C22H26FNO3/c1-24(13-3-5-19-6-4-14-27-19)22(25)17-9-7-16(8-10-17)20-15-18(23)11-12-21(20)26-2/h7-12,15,19H,3-6,13-14H2,1-2H3/t19-/m0/s1. The predicted octanol–water partition coefficient (Wildman–Crippen LogP) is 4.53. The van der Waals surface area contributed by atoms with Gasteiger partial charge in [0, 0.05) is 31.3 Å². The first-order valence-electron chi connectivity index (χ1n) is 9.39. The number of hydrogen-bond acceptors (Lipinski definition) is 3. The van der Waals surface area contributed by atoms with E-state index in [4.69, 9.17) is 9.47 Å². The maximum Gasteiger partial charge on any atom is 0.253 e. The second-order valence-corrected chi connectivity index (χ2v) is 6.93. The summed E-state index contributed by atoms with van der Waals surface area (Å²) in [7, 11) is 3.38. The molecule has 0 N–H and O–H groups in total. The molecule has 0 bridgehead atoms. The van der Waals surface area contributed by atoms with Gasteiger partial charge in [0.2, 0.25) is 0 Å². The van der Waals surface area contributed by atoms with Gasteiger partial charge in [-0.1, -0.05) is 12.1 Å². The van der Waals surface area contributed by atoms with Crippen molar-refractivity contribution in [3.8, 4) is 16.9 Å². The van der Waals surface area contributed by atoms with Crippen LogP contribution >= 0.6 is 0 Å². The Hall–Kier alpha value is -2.40. The lowest BCUT2D eigenvalue weighted by atomic mass is 10.0. The molecular weight excluding hydrogens is 345 g/mol. The van der Waals surface area contributed by atoms with Gasteiger partial charge in [-0.15, -0.1) is 0 Å². The smallest absolute Gasteiger partial charge is 0.253 e. The summed E-state index contributed by atoms with van der Waals surface area (Å²) in [5.41, 5.74) is 2.10. The third-order valence-corrected chi connectivity index (χ3v) is 4.99. The first kappa shape index (κ1) is 19.4. The Morgan fingerprint density at radius 3 is 2.70 bits per heavy atom. The van der Waals surface area contributed by atoms with Crippen LogP contribution in [-0.2, 0) is 4.74 Å². The number of ether oxygens (including phenoxy) is 2. The Balaban J connectivity index is 1.62. The summed E-state index contributed by atoms with van der Waals surface area (Å²) in [5, 5.41) is 0. The van der Waals surface area contributed by atoms with Gasteiger partial charge in [-0.2, -0.15) is 0 Å². The molecule has 1 fully saturated rings. The first-order chi connectivity index (χ1) is 13.1. The highest BCUT2D eigenvalue weighted by atomic mass is 19.1. The molecule has 0 saturated carbocycles. The summed E-state index contributed by atoms with van der Waals surface area (Å²) in [6, 6.07) is 11.6. The number of benzene rings is 2. The number of amides is 1. The van der Waals surface area contributed by atoms with Gasteiger partial charge in [-0.3, -0.25) is 4.79 Å². The van der Waals surface area contributed by atoms with E-state index >= 15 is 0 Å². The minimum absolute atomic E-state index is 0.0138. The zero-order valence-electron chi connectivity index (χ0n) is 15.9. The predicted molar refractivity (Wildman–Crippen MR) is 104 cm³/mol. The van der Waals surface area contributed by atoms with Crippen LogP contribution in [0.2, 0.25) is 0 Å². The van der Waals surface area contributed by atoms with E-state index in [1.807, 2.05) is 19.2 Å². The van der Waals surface area contributed by atoms with E-state index in [1.165, 1.54) is 12.1 Å². The van der Waals surface area contributed by atoms with E-state index in [0.717, 1.165) is 37.9 Å². The van der Waals surface area contributed by atoms with E-state index in [1.54, 1.807) is 30.2 Å². The fourth-order valence-corrected chi connectivity index (χ4v) is 3.45. The Morgan fingerprint density at radius 1 is 1.26 bits per heavy atom. The molecular formula is C22H26FNO3. The lowest BCUT2D eigenvalue weighted by Gasteiger charge is -2.18. The second-order valence-electron chi connectivity index (χ2n) is 6.93. The molecule has 3 rings (SSSR count). The summed E-state index contributed by atoms with van der Waals surface area (Å²) in [6.45, 7) is 1.57. The van der Waals surface area contributed by atoms with Gasteiger partial charge in [0.15, 0.2) is 0 Å². The summed E-state index contributed by atoms with van der Waals surface area (Å²) < 4.78 is 24.5.